The van der Waals surface area contributed by atoms with Crippen LogP contribution in [0.15, 0.2) is 28.8 Å². The van der Waals surface area contributed by atoms with E-state index in [2.05, 4.69) is 10.1 Å². The fraction of sp³-hybridized carbons (Fsp3) is 0.357. The summed E-state index contributed by atoms with van der Waals surface area (Å²) in [6.45, 7) is 2.01. The second-order valence-corrected chi connectivity index (χ2v) is 4.85. The largest absolute Gasteiger partial charge is 0.478 e. The van der Waals surface area contributed by atoms with Gasteiger partial charge in [-0.05, 0) is 31.9 Å². The predicted molar refractivity (Wildman–Crippen MR) is 69.2 cm³/mol. The van der Waals surface area contributed by atoms with Crippen LogP contribution in [0.4, 0.5) is 0 Å². The fourth-order valence-corrected chi connectivity index (χ4v) is 2.26. The molecule has 1 aromatic heterocycles. The molecule has 0 spiro atoms. The van der Waals surface area contributed by atoms with E-state index in [1.165, 1.54) is 12.1 Å². The maximum Gasteiger partial charge on any atom is 0.335 e. The number of benzene rings is 1. The van der Waals surface area contributed by atoms with E-state index in [0.717, 1.165) is 12.8 Å². The number of carbonyl (C=O) groups is 1. The van der Waals surface area contributed by atoms with Crippen molar-refractivity contribution in [3.63, 3.8) is 0 Å². The molecule has 6 nitrogen and oxygen atoms in total. The smallest absolute Gasteiger partial charge is 0.335 e. The first-order valence-electron chi connectivity index (χ1n) is 6.46. The van der Waals surface area contributed by atoms with Crippen molar-refractivity contribution in [2.45, 2.75) is 32.0 Å². The van der Waals surface area contributed by atoms with E-state index in [1.54, 1.807) is 12.1 Å². The van der Waals surface area contributed by atoms with Gasteiger partial charge >= 0.3 is 5.97 Å². The highest BCUT2D eigenvalue weighted by Gasteiger charge is 2.28. The molecular formula is C14H14N2O4. The zero-order valence-corrected chi connectivity index (χ0v) is 10.9. The van der Waals surface area contributed by atoms with Crippen molar-refractivity contribution in [3.8, 4) is 11.4 Å². The number of carboxylic acid groups (broad SMARTS) is 1. The SMILES string of the molecule is CC1CCC(c2nc(-c3cccc(C(=O)O)c3)no2)O1. The molecular weight excluding hydrogens is 260 g/mol. The van der Waals surface area contributed by atoms with Gasteiger partial charge in [0.2, 0.25) is 5.82 Å². The molecule has 1 aliphatic rings. The lowest BCUT2D eigenvalue weighted by atomic mass is 10.1. The third kappa shape index (κ3) is 2.42. The molecule has 0 bridgehead atoms. The van der Waals surface area contributed by atoms with Gasteiger partial charge in [0.05, 0.1) is 11.7 Å². The van der Waals surface area contributed by atoms with Crippen LogP contribution in [0.5, 0.6) is 0 Å². The minimum absolute atomic E-state index is 0.158. The van der Waals surface area contributed by atoms with Gasteiger partial charge in [0.25, 0.3) is 5.89 Å². The maximum atomic E-state index is 11.0. The molecule has 6 heteroatoms. The van der Waals surface area contributed by atoms with Crippen LogP contribution in [0.25, 0.3) is 11.4 Å². The maximum absolute atomic E-state index is 11.0. The van der Waals surface area contributed by atoms with Crippen LogP contribution in [0.3, 0.4) is 0 Å². The number of aromatic carboxylic acids is 1. The molecule has 0 aliphatic carbocycles. The highest BCUT2D eigenvalue weighted by molar-refractivity contribution is 5.89. The molecule has 1 saturated heterocycles. The van der Waals surface area contributed by atoms with Crippen molar-refractivity contribution in [2.24, 2.45) is 0 Å². The van der Waals surface area contributed by atoms with Crippen LogP contribution in [-0.2, 0) is 4.74 Å². The number of hydrogen-bond donors (Lipinski definition) is 1. The van der Waals surface area contributed by atoms with Crippen molar-refractivity contribution in [1.82, 2.24) is 10.1 Å². The van der Waals surface area contributed by atoms with E-state index in [4.69, 9.17) is 14.4 Å². The van der Waals surface area contributed by atoms with E-state index < -0.39 is 5.97 Å². The van der Waals surface area contributed by atoms with Gasteiger partial charge in [0.1, 0.15) is 6.10 Å². The third-order valence-electron chi connectivity index (χ3n) is 3.32. The normalized spacial score (nSPS) is 22.1. The van der Waals surface area contributed by atoms with Gasteiger partial charge in [-0.1, -0.05) is 17.3 Å². The highest BCUT2D eigenvalue weighted by atomic mass is 16.5. The fourth-order valence-electron chi connectivity index (χ4n) is 2.26. The molecule has 0 saturated carbocycles. The Bertz CT molecular complexity index is 638. The minimum Gasteiger partial charge on any atom is -0.478 e. The first-order chi connectivity index (χ1) is 9.63. The Morgan fingerprint density at radius 2 is 2.25 bits per heavy atom. The molecule has 0 amide bonds. The molecule has 2 unspecified atom stereocenters. The monoisotopic (exact) mass is 274 g/mol. The Kier molecular flexibility index (Phi) is 3.23. The lowest BCUT2D eigenvalue weighted by Crippen LogP contribution is -2.01. The number of rotatable bonds is 3. The van der Waals surface area contributed by atoms with Crippen LogP contribution in [0.1, 0.15) is 42.1 Å². The van der Waals surface area contributed by atoms with Crippen molar-refractivity contribution in [3.05, 3.63) is 35.7 Å². The van der Waals surface area contributed by atoms with E-state index >= 15 is 0 Å². The zero-order valence-electron chi connectivity index (χ0n) is 10.9. The van der Waals surface area contributed by atoms with Crippen LogP contribution in [0, 0.1) is 0 Å². The Hall–Kier alpha value is -2.21. The van der Waals surface area contributed by atoms with Crippen LogP contribution in [0.2, 0.25) is 0 Å². The van der Waals surface area contributed by atoms with E-state index in [9.17, 15) is 4.79 Å². The van der Waals surface area contributed by atoms with Crippen molar-refractivity contribution in [2.75, 3.05) is 0 Å². The van der Waals surface area contributed by atoms with Gasteiger partial charge < -0.3 is 14.4 Å². The summed E-state index contributed by atoms with van der Waals surface area (Å²) in [7, 11) is 0. The van der Waals surface area contributed by atoms with Crippen molar-refractivity contribution < 1.29 is 19.2 Å². The summed E-state index contributed by atoms with van der Waals surface area (Å²) in [5.41, 5.74) is 0.811. The highest BCUT2D eigenvalue weighted by Crippen LogP contribution is 2.32. The third-order valence-corrected chi connectivity index (χ3v) is 3.32. The van der Waals surface area contributed by atoms with E-state index in [0.29, 0.717) is 17.3 Å². The standard InChI is InChI=1S/C14H14N2O4/c1-8-5-6-11(19-8)13-15-12(16-20-13)9-3-2-4-10(7-9)14(17)18/h2-4,7-8,11H,5-6H2,1H3,(H,17,18). The second kappa shape index (κ2) is 5.05. The summed E-state index contributed by atoms with van der Waals surface area (Å²) >= 11 is 0. The molecule has 1 aromatic carbocycles. The van der Waals surface area contributed by atoms with E-state index in [1.807, 2.05) is 6.92 Å². The molecule has 20 heavy (non-hydrogen) atoms. The lowest BCUT2D eigenvalue weighted by molar-refractivity contribution is 0.0355. The zero-order chi connectivity index (χ0) is 14.1. The Morgan fingerprint density at radius 3 is 2.95 bits per heavy atom. The summed E-state index contributed by atoms with van der Waals surface area (Å²) < 4.78 is 10.9. The van der Waals surface area contributed by atoms with Gasteiger partial charge in [-0.2, -0.15) is 4.98 Å². The molecule has 1 fully saturated rings. The van der Waals surface area contributed by atoms with E-state index in [-0.39, 0.29) is 17.8 Å². The quantitative estimate of drug-likeness (QED) is 0.926. The Balaban J connectivity index is 1.86. The van der Waals surface area contributed by atoms with Gasteiger partial charge in [-0.3, -0.25) is 0 Å². The van der Waals surface area contributed by atoms with Crippen LogP contribution < -0.4 is 0 Å². The summed E-state index contributed by atoms with van der Waals surface area (Å²) in [6, 6.07) is 6.45. The van der Waals surface area contributed by atoms with Crippen LogP contribution in [-0.4, -0.2) is 27.3 Å². The predicted octanol–water partition coefficient (Wildman–Crippen LogP) is 2.67. The molecule has 2 heterocycles. The number of hydrogen-bond acceptors (Lipinski definition) is 5. The first-order valence-corrected chi connectivity index (χ1v) is 6.46. The summed E-state index contributed by atoms with van der Waals surface area (Å²) in [4.78, 5) is 15.3. The van der Waals surface area contributed by atoms with Crippen LogP contribution >= 0.6 is 0 Å². The number of aromatic nitrogens is 2. The molecule has 0 radical (unpaired) electrons. The summed E-state index contributed by atoms with van der Waals surface area (Å²) in [6.07, 6.45) is 1.87. The molecule has 3 rings (SSSR count). The Labute approximate surface area is 115 Å². The first kappa shape index (κ1) is 12.8. The number of nitrogens with zero attached hydrogens (tertiary/aromatic N) is 2. The van der Waals surface area contributed by atoms with Gasteiger partial charge in [-0.25, -0.2) is 4.79 Å². The molecule has 1 N–H and O–H groups in total. The minimum atomic E-state index is -0.983. The van der Waals surface area contributed by atoms with Gasteiger partial charge in [0.15, 0.2) is 0 Å². The topological polar surface area (TPSA) is 85.5 Å². The second-order valence-electron chi connectivity index (χ2n) is 4.85. The number of ether oxygens (including phenoxy) is 1. The average molecular weight is 274 g/mol. The summed E-state index contributed by atoms with van der Waals surface area (Å²) in [5, 5.41) is 12.9. The van der Waals surface area contributed by atoms with Crippen molar-refractivity contribution >= 4 is 5.97 Å². The number of carboxylic acids is 1. The average Bonchev–Trinajstić information content (AvgIpc) is 3.07. The molecule has 1 aliphatic heterocycles. The Morgan fingerprint density at radius 1 is 1.40 bits per heavy atom. The van der Waals surface area contributed by atoms with Gasteiger partial charge in [0, 0.05) is 5.56 Å². The summed E-state index contributed by atoms with van der Waals surface area (Å²) in [5.74, 6) is -0.153. The lowest BCUT2D eigenvalue weighted by Gasteiger charge is -2.04. The molecule has 2 aromatic rings. The van der Waals surface area contributed by atoms with Gasteiger partial charge in [-0.15, -0.1) is 0 Å². The molecule has 2 atom stereocenters. The van der Waals surface area contributed by atoms with Crippen molar-refractivity contribution in [1.29, 1.82) is 0 Å². The molecule has 104 valence electrons.